The Morgan fingerprint density at radius 3 is 2.18 bits per heavy atom. The lowest BCUT2D eigenvalue weighted by Gasteiger charge is -2.28. The molecule has 0 aliphatic carbocycles. The van der Waals surface area contributed by atoms with Crippen LogP contribution in [-0.4, -0.2) is 41.3 Å². The number of sulfonamides is 1. The fraction of sp³-hybridized carbons (Fsp3) is 0.455. The summed E-state index contributed by atoms with van der Waals surface area (Å²) < 4.78 is 32.9. The lowest BCUT2D eigenvalue weighted by atomic mass is 10.1. The summed E-state index contributed by atoms with van der Waals surface area (Å²) in [7, 11) is -3.44. The van der Waals surface area contributed by atoms with E-state index in [4.69, 9.17) is 4.74 Å². The zero-order valence-corrected chi connectivity index (χ0v) is 17.4. The fourth-order valence-electron chi connectivity index (χ4n) is 3.40. The zero-order valence-electron chi connectivity index (χ0n) is 16.6. The van der Waals surface area contributed by atoms with Crippen LogP contribution in [0, 0.1) is 0 Å². The summed E-state index contributed by atoms with van der Waals surface area (Å²) >= 11 is 0. The third kappa shape index (κ3) is 5.80. The molecular formula is C22H30N2O3S. The van der Waals surface area contributed by atoms with E-state index in [1.807, 2.05) is 12.1 Å². The number of nitrogens with zero attached hydrogens (tertiary/aromatic N) is 1. The van der Waals surface area contributed by atoms with E-state index in [1.165, 1.54) is 16.8 Å². The summed E-state index contributed by atoms with van der Waals surface area (Å²) in [6.07, 6.45) is 3.64. The molecule has 0 atom stereocenters. The average Bonchev–Trinajstić information content (AvgIpc) is 2.73. The Bertz CT molecular complexity index is 827. The summed E-state index contributed by atoms with van der Waals surface area (Å²) in [6.45, 7) is 5.97. The number of hydrogen-bond acceptors (Lipinski definition) is 4. The van der Waals surface area contributed by atoms with Crippen molar-refractivity contribution in [2.45, 2.75) is 37.5 Å². The van der Waals surface area contributed by atoms with Crippen molar-refractivity contribution >= 4 is 15.7 Å². The van der Waals surface area contributed by atoms with Crippen LogP contribution in [0.25, 0.3) is 0 Å². The van der Waals surface area contributed by atoms with Crippen molar-refractivity contribution in [3.05, 3.63) is 59.7 Å². The summed E-state index contributed by atoms with van der Waals surface area (Å²) in [5, 5.41) is 0. The van der Waals surface area contributed by atoms with Gasteiger partial charge in [-0.1, -0.05) is 37.6 Å². The van der Waals surface area contributed by atoms with Crippen LogP contribution >= 0.6 is 0 Å². The van der Waals surface area contributed by atoms with Gasteiger partial charge < -0.3 is 9.64 Å². The van der Waals surface area contributed by atoms with Crippen LogP contribution in [0.3, 0.4) is 0 Å². The van der Waals surface area contributed by atoms with Gasteiger partial charge in [-0.05, 0) is 54.7 Å². The molecule has 0 amide bonds. The molecule has 2 aromatic carbocycles. The van der Waals surface area contributed by atoms with Gasteiger partial charge in [0.25, 0.3) is 0 Å². The van der Waals surface area contributed by atoms with Crippen molar-refractivity contribution < 1.29 is 13.2 Å². The molecule has 0 spiro atoms. The van der Waals surface area contributed by atoms with Crippen LogP contribution in [0.5, 0.6) is 0 Å². The Morgan fingerprint density at radius 2 is 1.54 bits per heavy atom. The van der Waals surface area contributed by atoms with Crippen molar-refractivity contribution in [3.8, 4) is 0 Å². The van der Waals surface area contributed by atoms with Crippen LogP contribution in [-0.2, 0) is 27.6 Å². The van der Waals surface area contributed by atoms with Crippen molar-refractivity contribution in [3.63, 3.8) is 0 Å². The van der Waals surface area contributed by atoms with Gasteiger partial charge in [0.1, 0.15) is 0 Å². The van der Waals surface area contributed by atoms with Gasteiger partial charge in [-0.15, -0.1) is 0 Å². The molecule has 1 aliphatic heterocycles. The molecule has 3 rings (SSSR count). The molecule has 0 aromatic heterocycles. The molecular weight excluding hydrogens is 372 g/mol. The van der Waals surface area contributed by atoms with E-state index < -0.39 is 10.0 Å². The topological polar surface area (TPSA) is 58.6 Å². The molecule has 1 N–H and O–H groups in total. The summed E-state index contributed by atoms with van der Waals surface area (Å²) in [4.78, 5) is 2.66. The lowest BCUT2D eigenvalue weighted by Crippen LogP contribution is -2.36. The number of morpholine rings is 1. The van der Waals surface area contributed by atoms with Crippen molar-refractivity contribution in [2.75, 3.05) is 37.7 Å². The van der Waals surface area contributed by atoms with Gasteiger partial charge in [-0.3, -0.25) is 0 Å². The standard InChI is InChI=1S/C22H30N2O3S/c1-2-4-19-8-12-22(13-9-19)28(25,26)23-14-3-5-20-6-10-21(11-7-20)24-15-17-27-18-16-24/h6-13,23H,2-5,14-18H2,1H3. The number of ether oxygens (including phenoxy) is 1. The highest BCUT2D eigenvalue weighted by molar-refractivity contribution is 7.89. The number of benzene rings is 2. The van der Waals surface area contributed by atoms with E-state index in [-0.39, 0.29) is 0 Å². The predicted molar refractivity (Wildman–Crippen MR) is 113 cm³/mol. The number of aryl methyl sites for hydroxylation is 2. The molecule has 6 heteroatoms. The number of nitrogens with one attached hydrogen (secondary N) is 1. The predicted octanol–water partition coefficient (Wildman–Crippen LogP) is 3.39. The third-order valence-corrected chi connectivity index (χ3v) is 6.50. The highest BCUT2D eigenvalue weighted by Gasteiger charge is 2.13. The highest BCUT2D eigenvalue weighted by Crippen LogP contribution is 2.17. The molecule has 1 aliphatic rings. The number of rotatable bonds is 9. The van der Waals surface area contributed by atoms with Gasteiger partial charge in [0, 0.05) is 25.3 Å². The van der Waals surface area contributed by atoms with Gasteiger partial charge in [0.15, 0.2) is 0 Å². The van der Waals surface area contributed by atoms with E-state index >= 15 is 0 Å². The fourth-order valence-corrected chi connectivity index (χ4v) is 4.48. The molecule has 0 bridgehead atoms. The lowest BCUT2D eigenvalue weighted by molar-refractivity contribution is 0.122. The van der Waals surface area contributed by atoms with E-state index in [2.05, 4.69) is 40.8 Å². The first kappa shape index (κ1) is 20.8. The van der Waals surface area contributed by atoms with Crippen LogP contribution in [0.2, 0.25) is 0 Å². The average molecular weight is 403 g/mol. The minimum atomic E-state index is -3.44. The van der Waals surface area contributed by atoms with E-state index in [0.717, 1.165) is 52.0 Å². The molecule has 0 saturated carbocycles. The Morgan fingerprint density at radius 1 is 0.929 bits per heavy atom. The molecule has 1 saturated heterocycles. The molecule has 28 heavy (non-hydrogen) atoms. The second-order valence-electron chi connectivity index (χ2n) is 7.16. The van der Waals surface area contributed by atoms with Gasteiger partial charge in [0.2, 0.25) is 10.0 Å². The molecule has 1 heterocycles. The quantitative estimate of drug-likeness (QED) is 0.653. The Kier molecular flexibility index (Phi) is 7.48. The Hall–Kier alpha value is -1.89. The third-order valence-electron chi connectivity index (χ3n) is 5.02. The molecule has 5 nitrogen and oxygen atoms in total. The highest BCUT2D eigenvalue weighted by atomic mass is 32.2. The normalized spacial score (nSPS) is 15.0. The molecule has 1 fully saturated rings. The van der Waals surface area contributed by atoms with Crippen LogP contribution in [0.4, 0.5) is 5.69 Å². The largest absolute Gasteiger partial charge is 0.378 e. The SMILES string of the molecule is CCCc1ccc(S(=O)(=O)NCCCc2ccc(N3CCOCC3)cc2)cc1. The monoisotopic (exact) mass is 402 g/mol. The van der Waals surface area contributed by atoms with Crippen molar-refractivity contribution in [1.82, 2.24) is 4.72 Å². The molecule has 152 valence electrons. The maximum Gasteiger partial charge on any atom is 0.240 e. The first-order valence-electron chi connectivity index (χ1n) is 10.1. The smallest absolute Gasteiger partial charge is 0.240 e. The minimum Gasteiger partial charge on any atom is -0.378 e. The number of hydrogen-bond donors (Lipinski definition) is 1. The maximum atomic E-state index is 12.4. The summed E-state index contributed by atoms with van der Waals surface area (Å²) in [5.41, 5.74) is 3.61. The second-order valence-corrected chi connectivity index (χ2v) is 8.93. The van der Waals surface area contributed by atoms with Crippen molar-refractivity contribution in [1.29, 1.82) is 0 Å². The molecule has 0 unspecified atom stereocenters. The summed E-state index contributed by atoms with van der Waals surface area (Å²) in [5.74, 6) is 0. The second kappa shape index (κ2) is 10.0. The van der Waals surface area contributed by atoms with Gasteiger partial charge in [0.05, 0.1) is 18.1 Å². The first-order valence-corrected chi connectivity index (χ1v) is 11.6. The summed E-state index contributed by atoms with van der Waals surface area (Å²) in [6, 6.07) is 15.7. The molecule has 2 aromatic rings. The van der Waals surface area contributed by atoms with Gasteiger partial charge in [-0.25, -0.2) is 13.1 Å². The van der Waals surface area contributed by atoms with E-state index in [0.29, 0.717) is 11.4 Å². The zero-order chi connectivity index (χ0) is 19.8. The Labute approximate surface area is 168 Å². The van der Waals surface area contributed by atoms with Gasteiger partial charge >= 0.3 is 0 Å². The van der Waals surface area contributed by atoms with Gasteiger partial charge in [-0.2, -0.15) is 0 Å². The first-order chi connectivity index (χ1) is 13.6. The van der Waals surface area contributed by atoms with Crippen LogP contribution in [0.15, 0.2) is 53.4 Å². The van der Waals surface area contributed by atoms with Crippen molar-refractivity contribution in [2.24, 2.45) is 0 Å². The van der Waals surface area contributed by atoms with E-state index in [1.54, 1.807) is 12.1 Å². The van der Waals surface area contributed by atoms with Crippen LogP contribution < -0.4 is 9.62 Å². The van der Waals surface area contributed by atoms with E-state index in [9.17, 15) is 8.42 Å². The minimum absolute atomic E-state index is 0.335. The maximum absolute atomic E-state index is 12.4. The van der Waals surface area contributed by atoms with Crippen LogP contribution in [0.1, 0.15) is 30.9 Å². The Balaban J connectivity index is 1.45. The number of anilines is 1. The molecule has 0 radical (unpaired) electrons.